The van der Waals surface area contributed by atoms with Crippen molar-refractivity contribution in [3.05, 3.63) is 34.9 Å². The Morgan fingerprint density at radius 2 is 1.91 bits per heavy atom. The molecule has 22 heavy (non-hydrogen) atoms. The molecule has 1 aromatic carbocycles. The second-order valence-electron chi connectivity index (χ2n) is 7.48. The number of aromatic hydroxyl groups is 1. The van der Waals surface area contributed by atoms with Gasteiger partial charge in [-0.1, -0.05) is 12.1 Å². The van der Waals surface area contributed by atoms with Gasteiger partial charge in [0, 0.05) is 10.4 Å². The molecule has 4 bridgehead atoms. The van der Waals surface area contributed by atoms with Crippen LogP contribution in [-0.2, 0) is 4.74 Å². The summed E-state index contributed by atoms with van der Waals surface area (Å²) in [5, 5.41) is 10.0. The molecule has 2 atom stereocenters. The van der Waals surface area contributed by atoms with Crippen molar-refractivity contribution in [2.75, 3.05) is 7.11 Å². The first kappa shape index (κ1) is 14.4. The molecule has 0 spiro atoms. The van der Waals surface area contributed by atoms with E-state index in [1.165, 1.54) is 24.8 Å². The second-order valence-corrected chi connectivity index (χ2v) is 8.29. The van der Waals surface area contributed by atoms with E-state index in [1.807, 2.05) is 19.1 Å². The number of hydrogen-bond donors (Lipinski definition) is 1. The molecule has 1 aromatic rings. The first-order chi connectivity index (χ1) is 10.5. The zero-order valence-corrected chi connectivity index (χ0v) is 14.0. The lowest BCUT2D eigenvalue weighted by Gasteiger charge is -2.55. The number of benzene rings is 1. The van der Waals surface area contributed by atoms with E-state index >= 15 is 0 Å². The Kier molecular flexibility index (Phi) is 3.23. The normalized spacial score (nSPS) is 35.8. The van der Waals surface area contributed by atoms with Crippen molar-refractivity contribution < 1.29 is 9.84 Å². The molecule has 0 radical (unpaired) electrons. The summed E-state index contributed by atoms with van der Waals surface area (Å²) < 4.78 is 5.82. The fraction of sp³-hybridized carbons (Fsp3) is 0.579. The van der Waals surface area contributed by atoms with Gasteiger partial charge in [-0.25, -0.2) is 0 Å². The number of phenols is 1. The molecule has 2 nitrogen and oxygen atoms in total. The summed E-state index contributed by atoms with van der Waals surface area (Å²) >= 11 is 6.83. The van der Waals surface area contributed by atoms with E-state index in [2.05, 4.69) is 6.07 Å². The number of methoxy groups -OCH3 is 1. The van der Waals surface area contributed by atoms with E-state index in [0.717, 1.165) is 35.6 Å². The Hall–Kier alpha value is -1.15. The molecule has 118 valence electrons. The summed E-state index contributed by atoms with van der Waals surface area (Å²) in [6, 6.07) is 5.86. The van der Waals surface area contributed by atoms with Crippen LogP contribution < -0.4 is 0 Å². The minimum absolute atomic E-state index is 0.0360. The number of aryl methyl sites for hydroxylation is 1. The Bertz CT molecular complexity index is 631. The standard InChI is InChI=1S/C19H23ClO2/c1-11-3-4-13(7-16(11)21)18(22-2)17-14-5-12-6-15(17)10-19(20,8-12)9-14/h3-4,7,12,14-15,21H,5-6,8-10H2,1-2H3. The second kappa shape index (κ2) is 4.92. The van der Waals surface area contributed by atoms with Crippen LogP contribution in [0.3, 0.4) is 0 Å². The third kappa shape index (κ3) is 2.15. The van der Waals surface area contributed by atoms with Gasteiger partial charge in [-0.2, -0.15) is 0 Å². The highest BCUT2D eigenvalue weighted by molar-refractivity contribution is 6.24. The maximum absolute atomic E-state index is 10.0. The summed E-state index contributed by atoms with van der Waals surface area (Å²) in [7, 11) is 1.75. The zero-order chi connectivity index (χ0) is 15.5. The molecule has 0 aliphatic heterocycles. The van der Waals surface area contributed by atoms with Gasteiger partial charge in [0.1, 0.15) is 11.5 Å². The van der Waals surface area contributed by atoms with Gasteiger partial charge in [-0.3, -0.25) is 0 Å². The topological polar surface area (TPSA) is 29.5 Å². The van der Waals surface area contributed by atoms with E-state index in [9.17, 15) is 5.11 Å². The largest absolute Gasteiger partial charge is 0.508 e. The Morgan fingerprint density at radius 1 is 1.23 bits per heavy atom. The van der Waals surface area contributed by atoms with Crippen molar-refractivity contribution in [3.63, 3.8) is 0 Å². The average Bonchev–Trinajstić information content (AvgIpc) is 2.44. The van der Waals surface area contributed by atoms with Crippen LogP contribution in [0.15, 0.2) is 23.8 Å². The molecule has 4 aliphatic carbocycles. The van der Waals surface area contributed by atoms with Crippen LogP contribution in [0, 0.1) is 24.7 Å². The van der Waals surface area contributed by atoms with Crippen molar-refractivity contribution in [2.24, 2.45) is 17.8 Å². The molecule has 4 aliphatic rings. The summed E-state index contributed by atoms with van der Waals surface area (Å²) in [4.78, 5) is 0.0360. The van der Waals surface area contributed by atoms with Crippen LogP contribution in [0.4, 0.5) is 0 Å². The fourth-order valence-electron chi connectivity index (χ4n) is 5.22. The maximum atomic E-state index is 10.0. The number of alkyl halides is 1. The lowest BCUT2D eigenvalue weighted by molar-refractivity contribution is 0.0843. The monoisotopic (exact) mass is 318 g/mol. The predicted molar refractivity (Wildman–Crippen MR) is 88.9 cm³/mol. The minimum atomic E-state index is 0.0360. The number of rotatable bonds is 2. The molecule has 0 saturated heterocycles. The molecular weight excluding hydrogens is 296 g/mol. The number of allylic oxidation sites excluding steroid dienone is 1. The molecule has 3 heteroatoms. The van der Waals surface area contributed by atoms with E-state index in [4.69, 9.17) is 16.3 Å². The molecule has 0 amide bonds. The summed E-state index contributed by atoms with van der Waals surface area (Å²) in [6.07, 6.45) is 5.88. The SMILES string of the molecule is COC(=C1C2CC3CC1CC(Cl)(C3)C2)c1ccc(C)c(O)c1. The highest BCUT2D eigenvalue weighted by Crippen LogP contribution is 2.61. The molecule has 0 aromatic heterocycles. The highest BCUT2D eigenvalue weighted by Gasteiger charge is 2.53. The van der Waals surface area contributed by atoms with Crippen molar-refractivity contribution in [2.45, 2.75) is 43.9 Å². The van der Waals surface area contributed by atoms with Crippen LogP contribution in [0.25, 0.3) is 5.76 Å². The van der Waals surface area contributed by atoms with Gasteiger partial charge in [0.2, 0.25) is 0 Å². The van der Waals surface area contributed by atoms with Crippen LogP contribution >= 0.6 is 11.6 Å². The number of ether oxygens (including phenoxy) is 1. The number of hydrogen-bond acceptors (Lipinski definition) is 2. The van der Waals surface area contributed by atoms with Crippen molar-refractivity contribution in [3.8, 4) is 5.75 Å². The Balaban J connectivity index is 1.79. The third-order valence-electron chi connectivity index (χ3n) is 5.93. The molecular formula is C19H23ClO2. The smallest absolute Gasteiger partial charge is 0.125 e. The Labute approximate surface area is 137 Å². The lowest BCUT2D eigenvalue weighted by atomic mass is 9.53. The van der Waals surface area contributed by atoms with Crippen molar-refractivity contribution >= 4 is 17.4 Å². The summed E-state index contributed by atoms with van der Waals surface area (Å²) in [5.41, 5.74) is 3.35. The average molecular weight is 319 g/mol. The van der Waals surface area contributed by atoms with Gasteiger partial charge in [0.25, 0.3) is 0 Å². The van der Waals surface area contributed by atoms with E-state index in [-0.39, 0.29) is 4.87 Å². The molecule has 0 heterocycles. The van der Waals surface area contributed by atoms with E-state index in [0.29, 0.717) is 17.6 Å². The predicted octanol–water partition coefficient (Wildman–Crippen LogP) is 4.88. The van der Waals surface area contributed by atoms with Gasteiger partial charge >= 0.3 is 0 Å². The van der Waals surface area contributed by atoms with Gasteiger partial charge in [-0.05, 0) is 74.0 Å². The number of phenolic OH excluding ortho intramolecular Hbond substituents is 1. The van der Waals surface area contributed by atoms with Gasteiger partial charge in [-0.15, -0.1) is 11.6 Å². The lowest BCUT2D eigenvalue weighted by Crippen LogP contribution is -2.48. The first-order valence-electron chi connectivity index (χ1n) is 8.26. The van der Waals surface area contributed by atoms with Crippen molar-refractivity contribution in [1.82, 2.24) is 0 Å². The molecule has 1 N–H and O–H groups in total. The Morgan fingerprint density at radius 3 is 2.45 bits per heavy atom. The molecule has 2 unspecified atom stereocenters. The summed E-state index contributed by atoms with van der Waals surface area (Å²) in [6.45, 7) is 1.92. The molecule has 5 rings (SSSR count). The quantitative estimate of drug-likeness (QED) is 0.622. The number of halogens is 1. The first-order valence-corrected chi connectivity index (χ1v) is 8.64. The van der Waals surface area contributed by atoms with Gasteiger partial charge < -0.3 is 9.84 Å². The van der Waals surface area contributed by atoms with Gasteiger partial charge in [0.15, 0.2) is 0 Å². The van der Waals surface area contributed by atoms with Crippen LogP contribution in [0.5, 0.6) is 5.75 Å². The zero-order valence-electron chi connectivity index (χ0n) is 13.2. The molecule has 4 saturated carbocycles. The van der Waals surface area contributed by atoms with Crippen molar-refractivity contribution in [1.29, 1.82) is 0 Å². The fourth-order valence-corrected chi connectivity index (χ4v) is 5.81. The van der Waals surface area contributed by atoms with Crippen LogP contribution in [0.1, 0.15) is 43.2 Å². The van der Waals surface area contributed by atoms with Crippen LogP contribution in [-0.4, -0.2) is 17.1 Å². The highest BCUT2D eigenvalue weighted by atomic mass is 35.5. The van der Waals surface area contributed by atoms with Gasteiger partial charge in [0.05, 0.1) is 7.11 Å². The van der Waals surface area contributed by atoms with Crippen LogP contribution in [0.2, 0.25) is 0 Å². The molecule has 4 fully saturated rings. The van der Waals surface area contributed by atoms with E-state index < -0.39 is 0 Å². The third-order valence-corrected chi connectivity index (χ3v) is 6.39. The maximum Gasteiger partial charge on any atom is 0.125 e. The minimum Gasteiger partial charge on any atom is -0.508 e. The summed E-state index contributed by atoms with van der Waals surface area (Å²) in [5.74, 6) is 3.22. The van der Waals surface area contributed by atoms with E-state index in [1.54, 1.807) is 7.11 Å².